The van der Waals surface area contributed by atoms with E-state index in [1.165, 1.54) is 0 Å². The topological polar surface area (TPSA) is 55.7 Å². The van der Waals surface area contributed by atoms with Crippen LogP contribution in [-0.4, -0.2) is 47.2 Å². The molecule has 0 amide bonds. The minimum Gasteiger partial charge on any atom is -0.352 e. The van der Waals surface area contributed by atoms with Crippen LogP contribution in [0.2, 0.25) is 0 Å². The molecule has 0 aliphatic carbocycles. The molecule has 60 valence electrons. The first kappa shape index (κ1) is 7.94. The van der Waals surface area contributed by atoms with Crippen LogP contribution >= 0.6 is 0 Å². The van der Waals surface area contributed by atoms with E-state index in [2.05, 4.69) is 5.32 Å². The number of aliphatic hydroxyl groups is 2. The molecule has 4 heteroatoms. The van der Waals surface area contributed by atoms with Crippen molar-refractivity contribution in [2.45, 2.75) is 12.8 Å². The number of rotatable bonds is 1. The molecular formula is C6H14N2O2. The van der Waals surface area contributed by atoms with Crippen molar-refractivity contribution < 1.29 is 10.2 Å². The fourth-order valence-electron chi connectivity index (χ4n) is 1.17. The summed E-state index contributed by atoms with van der Waals surface area (Å²) >= 11 is 0. The van der Waals surface area contributed by atoms with E-state index in [0.29, 0.717) is 13.1 Å². The molecule has 4 nitrogen and oxygen atoms in total. The van der Waals surface area contributed by atoms with E-state index in [-0.39, 0.29) is 6.54 Å². The van der Waals surface area contributed by atoms with Crippen molar-refractivity contribution in [3.05, 3.63) is 0 Å². The van der Waals surface area contributed by atoms with Crippen molar-refractivity contribution >= 4 is 0 Å². The second-order valence-electron chi connectivity index (χ2n) is 2.53. The first-order valence-corrected chi connectivity index (χ1v) is 3.57. The Balaban J connectivity index is 2.51. The standard InChI is InChI=1S/C6H14N2O2/c1-2-8-4-3-7-5-6(8,9)10/h7,9-10H,2-5H2,1H3. The maximum absolute atomic E-state index is 9.25. The van der Waals surface area contributed by atoms with Crippen LogP contribution in [0.25, 0.3) is 0 Å². The van der Waals surface area contributed by atoms with E-state index in [0.717, 1.165) is 6.54 Å². The van der Waals surface area contributed by atoms with E-state index in [9.17, 15) is 10.2 Å². The first-order valence-electron chi connectivity index (χ1n) is 3.57. The summed E-state index contributed by atoms with van der Waals surface area (Å²) in [5.74, 6) is -1.63. The van der Waals surface area contributed by atoms with Gasteiger partial charge in [-0.25, -0.2) is 0 Å². The molecule has 1 aliphatic heterocycles. The van der Waals surface area contributed by atoms with Gasteiger partial charge < -0.3 is 15.5 Å². The monoisotopic (exact) mass is 146 g/mol. The summed E-state index contributed by atoms with van der Waals surface area (Å²) in [5.41, 5.74) is 0. The van der Waals surface area contributed by atoms with E-state index >= 15 is 0 Å². The van der Waals surface area contributed by atoms with Crippen molar-refractivity contribution in [3.63, 3.8) is 0 Å². The Morgan fingerprint density at radius 2 is 2.30 bits per heavy atom. The van der Waals surface area contributed by atoms with Gasteiger partial charge in [-0.1, -0.05) is 6.92 Å². The molecule has 0 bridgehead atoms. The van der Waals surface area contributed by atoms with Gasteiger partial charge in [0.25, 0.3) is 0 Å². The van der Waals surface area contributed by atoms with Gasteiger partial charge in [-0.05, 0) is 0 Å². The summed E-state index contributed by atoms with van der Waals surface area (Å²) in [5, 5.41) is 21.4. The van der Waals surface area contributed by atoms with Crippen molar-refractivity contribution in [2.24, 2.45) is 0 Å². The zero-order valence-corrected chi connectivity index (χ0v) is 6.17. The lowest BCUT2D eigenvalue weighted by Gasteiger charge is -2.38. The van der Waals surface area contributed by atoms with Gasteiger partial charge in [0.15, 0.2) is 0 Å². The second-order valence-corrected chi connectivity index (χ2v) is 2.53. The van der Waals surface area contributed by atoms with E-state index in [1.54, 1.807) is 4.90 Å². The van der Waals surface area contributed by atoms with Crippen LogP contribution in [0.3, 0.4) is 0 Å². The quantitative estimate of drug-likeness (QED) is 0.396. The highest BCUT2D eigenvalue weighted by Crippen LogP contribution is 2.08. The zero-order valence-electron chi connectivity index (χ0n) is 6.17. The maximum atomic E-state index is 9.25. The molecule has 0 saturated carbocycles. The summed E-state index contributed by atoms with van der Waals surface area (Å²) in [4.78, 5) is 1.63. The van der Waals surface area contributed by atoms with Gasteiger partial charge in [0, 0.05) is 19.6 Å². The predicted molar refractivity (Wildman–Crippen MR) is 37.3 cm³/mol. The number of hydrogen-bond donors (Lipinski definition) is 3. The lowest BCUT2D eigenvalue weighted by molar-refractivity contribution is -0.267. The van der Waals surface area contributed by atoms with E-state index < -0.39 is 5.91 Å². The Hall–Kier alpha value is -0.160. The molecule has 1 heterocycles. The maximum Gasteiger partial charge on any atom is 0.238 e. The molecule has 0 aromatic rings. The van der Waals surface area contributed by atoms with Crippen LogP contribution in [0.1, 0.15) is 6.92 Å². The van der Waals surface area contributed by atoms with Crippen LogP contribution in [0, 0.1) is 0 Å². The number of piperazine rings is 1. The van der Waals surface area contributed by atoms with Gasteiger partial charge in [0.05, 0.1) is 6.54 Å². The average Bonchev–Trinajstić information content (AvgIpc) is 1.87. The van der Waals surface area contributed by atoms with E-state index in [1.807, 2.05) is 6.92 Å². The number of nitrogens with one attached hydrogen (secondary N) is 1. The summed E-state index contributed by atoms with van der Waals surface area (Å²) in [6, 6.07) is 0. The number of hydrogen-bond acceptors (Lipinski definition) is 4. The average molecular weight is 146 g/mol. The predicted octanol–water partition coefficient (Wildman–Crippen LogP) is -1.45. The summed E-state index contributed by atoms with van der Waals surface area (Å²) in [6.45, 7) is 4.35. The van der Waals surface area contributed by atoms with E-state index in [4.69, 9.17) is 0 Å². The van der Waals surface area contributed by atoms with Gasteiger partial charge >= 0.3 is 0 Å². The Kier molecular flexibility index (Phi) is 2.25. The van der Waals surface area contributed by atoms with Crippen LogP contribution < -0.4 is 5.32 Å². The molecule has 1 fully saturated rings. The molecule has 0 radical (unpaired) electrons. The third-order valence-electron chi connectivity index (χ3n) is 1.81. The SMILES string of the molecule is CCN1CCNCC1(O)O. The van der Waals surface area contributed by atoms with Crippen LogP contribution in [0.4, 0.5) is 0 Å². The van der Waals surface area contributed by atoms with Crippen molar-refractivity contribution in [1.29, 1.82) is 0 Å². The van der Waals surface area contributed by atoms with Crippen molar-refractivity contribution in [3.8, 4) is 0 Å². The molecular weight excluding hydrogens is 132 g/mol. The normalized spacial score (nSPS) is 26.7. The van der Waals surface area contributed by atoms with Crippen molar-refractivity contribution in [2.75, 3.05) is 26.2 Å². The second kappa shape index (κ2) is 2.84. The summed E-state index contributed by atoms with van der Waals surface area (Å²) in [7, 11) is 0. The minimum absolute atomic E-state index is 0.237. The third-order valence-corrected chi connectivity index (χ3v) is 1.81. The lowest BCUT2D eigenvalue weighted by Crippen LogP contribution is -2.61. The molecule has 0 spiro atoms. The summed E-state index contributed by atoms with van der Waals surface area (Å²) < 4.78 is 0. The zero-order chi connectivity index (χ0) is 7.61. The molecule has 0 atom stereocenters. The highest BCUT2D eigenvalue weighted by Gasteiger charge is 2.32. The smallest absolute Gasteiger partial charge is 0.238 e. The molecule has 0 aromatic heterocycles. The van der Waals surface area contributed by atoms with Gasteiger partial charge in [0.2, 0.25) is 5.91 Å². The Labute approximate surface area is 60.5 Å². The van der Waals surface area contributed by atoms with Crippen LogP contribution in [0.15, 0.2) is 0 Å². The fraction of sp³-hybridized carbons (Fsp3) is 1.00. The van der Waals surface area contributed by atoms with Crippen LogP contribution in [0.5, 0.6) is 0 Å². The number of nitrogens with zero attached hydrogens (tertiary/aromatic N) is 1. The number of β-amino-alcohol motifs (C(OH)–C–C–N with tert-alkyl or cyclic N) is 2. The molecule has 1 saturated heterocycles. The highest BCUT2D eigenvalue weighted by atomic mass is 16.5. The highest BCUT2D eigenvalue weighted by molar-refractivity contribution is 4.75. The Bertz CT molecular complexity index is 116. The van der Waals surface area contributed by atoms with Gasteiger partial charge in [-0.15, -0.1) is 0 Å². The third kappa shape index (κ3) is 1.46. The molecule has 3 N–H and O–H groups in total. The van der Waals surface area contributed by atoms with Crippen molar-refractivity contribution in [1.82, 2.24) is 10.2 Å². The van der Waals surface area contributed by atoms with Gasteiger partial charge in [-0.2, -0.15) is 0 Å². The molecule has 0 aromatic carbocycles. The Morgan fingerprint density at radius 3 is 2.70 bits per heavy atom. The molecule has 1 aliphatic rings. The largest absolute Gasteiger partial charge is 0.352 e. The first-order chi connectivity index (χ1) is 4.67. The molecule has 0 unspecified atom stereocenters. The van der Waals surface area contributed by atoms with Gasteiger partial charge in [0.1, 0.15) is 0 Å². The Morgan fingerprint density at radius 1 is 1.60 bits per heavy atom. The van der Waals surface area contributed by atoms with Gasteiger partial charge in [-0.3, -0.25) is 4.90 Å². The fourth-order valence-corrected chi connectivity index (χ4v) is 1.17. The molecule has 1 rings (SSSR count). The summed E-state index contributed by atoms with van der Waals surface area (Å²) in [6.07, 6.45) is 0. The molecule has 10 heavy (non-hydrogen) atoms. The van der Waals surface area contributed by atoms with Crippen LogP contribution in [-0.2, 0) is 0 Å². The number of likely N-dealkylation sites (N-methyl/N-ethyl adjacent to an activating group) is 1. The lowest BCUT2D eigenvalue weighted by atomic mass is 10.3. The minimum atomic E-state index is -1.63.